The Hall–Kier alpha value is -1.93. The van der Waals surface area contributed by atoms with Crippen LogP contribution in [0.15, 0.2) is 24.3 Å². The van der Waals surface area contributed by atoms with Crippen LogP contribution in [0, 0.1) is 22.6 Å². The summed E-state index contributed by atoms with van der Waals surface area (Å²) < 4.78 is 13.4. The Labute approximate surface area is 123 Å². The highest BCUT2D eigenvalue weighted by Gasteiger charge is 2.37. The van der Waals surface area contributed by atoms with Gasteiger partial charge in [0.2, 0.25) is 5.91 Å². The number of hydrogen-bond donors (Lipinski definition) is 1. The first kappa shape index (κ1) is 15.5. The number of β-amino-alcohol motifs (C(OH)–C–C–N with tert-alkyl or cyclic N) is 1. The molecule has 0 spiro atoms. The lowest BCUT2D eigenvalue weighted by atomic mass is 9.90. The number of hydrogen-bond acceptors (Lipinski definition) is 3. The number of aliphatic hydroxyl groups excluding tert-OH is 1. The quantitative estimate of drug-likeness (QED) is 0.929. The van der Waals surface area contributed by atoms with Gasteiger partial charge < -0.3 is 10.0 Å². The van der Waals surface area contributed by atoms with Crippen LogP contribution in [0.4, 0.5) is 4.39 Å². The van der Waals surface area contributed by atoms with Crippen molar-refractivity contribution in [3.8, 4) is 6.07 Å². The molecule has 1 aliphatic heterocycles. The number of likely N-dealkylation sites (tertiary alicyclic amines) is 1. The zero-order valence-corrected chi connectivity index (χ0v) is 12.2. The van der Waals surface area contributed by atoms with E-state index in [0.29, 0.717) is 12.0 Å². The molecule has 21 heavy (non-hydrogen) atoms. The zero-order chi connectivity index (χ0) is 15.6. The third-order valence-electron chi connectivity index (χ3n) is 3.73. The third kappa shape index (κ3) is 3.59. The highest BCUT2D eigenvalue weighted by atomic mass is 19.1. The van der Waals surface area contributed by atoms with Crippen LogP contribution in [0.1, 0.15) is 38.3 Å². The van der Waals surface area contributed by atoms with Crippen molar-refractivity contribution in [3.63, 3.8) is 0 Å². The molecule has 1 heterocycles. The van der Waals surface area contributed by atoms with Crippen molar-refractivity contribution in [2.45, 2.75) is 38.8 Å². The molecule has 0 saturated carbocycles. The van der Waals surface area contributed by atoms with Gasteiger partial charge >= 0.3 is 0 Å². The van der Waals surface area contributed by atoms with Crippen molar-refractivity contribution < 1.29 is 14.3 Å². The molecule has 0 radical (unpaired) electrons. The molecule has 1 N–H and O–H groups in total. The molecule has 4 nitrogen and oxygen atoms in total. The Bertz CT molecular complexity index is 580. The number of halogens is 1. The lowest BCUT2D eigenvalue weighted by molar-refractivity contribution is -0.133. The molecule has 1 fully saturated rings. The molecule has 1 amide bonds. The van der Waals surface area contributed by atoms with Crippen LogP contribution >= 0.6 is 0 Å². The molecule has 112 valence electrons. The number of carbonyl (C=O) groups excluding carboxylic acids is 1. The molecule has 1 saturated heterocycles. The van der Waals surface area contributed by atoms with E-state index in [1.54, 1.807) is 30.9 Å². The van der Waals surface area contributed by atoms with Crippen molar-refractivity contribution in [2.75, 3.05) is 6.54 Å². The first-order valence-corrected chi connectivity index (χ1v) is 6.96. The van der Waals surface area contributed by atoms with E-state index in [2.05, 4.69) is 6.07 Å². The van der Waals surface area contributed by atoms with Gasteiger partial charge in [-0.05, 0) is 38.0 Å². The molecular formula is C16H19FN2O2. The number of benzene rings is 1. The second-order valence-corrected chi connectivity index (χ2v) is 6.18. The molecular weight excluding hydrogens is 271 g/mol. The van der Waals surface area contributed by atoms with E-state index in [0.717, 1.165) is 0 Å². The van der Waals surface area contributed by atoms with Gasteiger partial charge in [0, 0.05) is 13.0 Å². The number of amides is 1. The highest BCUT2D eigenvalue weighted by Crippen LogP contribution is 2.34. The summed E-state index contributed by atoms with van der Waals surface area (Å²) in [5.41, 5.74) is -0.0772. The Morgan fingerprint density at radius 1 is 1.57 bits per heavy atom. The third-order valence-corrected chi connectivity index (χ3v) is 3.73. The summed E-state index contributed by atoms with van der Waals surface area (Å²) in [5, 5.41) is 18.9. The van der Waals surface area contributed by atoms with Gasteiger partial charge in [0.15, 0.2) is 0 Å². The Kier molecular flexibility index (Phi) is 4.29. The van der Waals surface area contributed by atoms with Crippen molar-refractivity contribution >= 4 is 5.91 Å². The maximum atomic E-state index is 13.4. The summed E-state index contributed by atoms with van der Waals surface area (Å²) in [5.74, 6) is -0.550. The van der Waals surface area contributed by atoms with Crippen molar-refractivity contribution in [1.82, 2.24) is 4.90 Å². The van der Waals surface area contributed by atoms with E-state index in [4.69, 9.17) is 5.26 Å². The molecule has 2 atom stereocenters. The maximum absolute atomic E-state index is 13.4. The van der Waals surface area contributed by atoms with Crippen LogP contribution in [0.5, 0.6) is 0 Å². The lowest BCUT2D eigenvalue weighted by Crippen LogP contribution is -2.34. The van der Waals surface area contributed by atoms with Gasteiger partial charge in [0.05, 0.1) is 23.6 Å². The second kappa shape index (κ2) is 5.82. The Balaban J connectivity index is 2.21. The fraction of sp³-hybridized carbons (Fsp3) is 0.500. The van der Waals surface area contributed by atoms with Crippen LogP contribution in [0.25, 0.3) is 0 Å². The number of carbonyl (C=O) groups is 1. The molecule has 1 aromatic rings. The Morgan fingerprint density at radius 2 is 2.29 bits per heavy atom. The fourth-order valence-electron chi connectivity index (χ4n) is 2.64. The van der Waals surface area contributed by atoms with Gasteiger partial charge in [0.1, 0.15) is 5.82 Å². The van der Waals surface area contributed by atoms with Gasteiger partial charge in [-0.25, -0.2) is 4.39 Å². The van der Waals surface area contributed by atoms with E-state index in [1.807, 2.05) is 0 Å². The van der Waals surface area contributed by atoms with Gasteiger partial charge in [-0.1, -0.05) is 12.1 Å². The largest absolute Gasteiger partial charge is 0.391 e. The first-order valence-electron chi connectivity index (χ1n) is 6.96. The van der Waals surface area contributed by atoms with Crippen LogP contribution < -0.4 is 0 Å². The summed E-state index contributed by atoms with van der Waals surface area (Å²) in [4.78, 5) is 14.0. The number of nitrogens with zero attached hydrogens (tertiary/aromatic N) is 2. The minimum absolute atomic E-state index is 0.0854. The molecule has 2 unspecified atom stereocenters. The second-order valence-electron chi connectivity index (χ2n) is 6.18. The predicted octanol–water partition coefficient (Wildman–Crippen LogP) is 2.40. The van der Waals surface area contributed by atoms with E-state index in [1.165, 1.54) is 12.1 Å². The normalized spacial score (nSPS) is 22.1. The van der Waals surface area contributed by atoms with Gasteiger partial charge in [-0.15, -0.1) is 0 Å². The van der Waals surface area contributed by atoms with Crippen LogP contribution in [-0.4, -0.2) is 28.6 Å². The fourth-order valence-corrected chi connectivity index (χ4v) is 2.64. The van der Waals surface area contributed by atoms with Crippen molar-refractivity contribution in [3.05, 3.63) is 35.6 Å². The smallest absolute Gasteiger partial charge is 0.224 e. The number of nitriles is 1. The average molecular weight is 290 g/mol. The monoisotopic (exact) mass is 290 g/mol. The van der Waals surface area contributed by atoms with Crippen LogP contribution in [0.3, 0.4) is 0 Å². The van der Waals surface area contributed by atoms with Gasteiger partial charge in [-0.3, -0.25) is 4.79 Å². The van der Waals surface area contributed by atoms with Crippen molar-refractivity contribution in [2.24, 2.45) is 5.41 Å². The summed E-state index contributed by atoms with van der Waals surface area (Å²) in [6, 6.07) is 7.85. The van der Waals surface area contributed by atoms with Crippen LogP contribution in [0.2, 0.25) is 0 Å². The molecule has 5 heteroatoms. The number of aliphatic hydroxyl groups is 1. The van der Waals surface area contributed by atoms with E-state index in [9.17, 15) is 14.3 Å². The van der Waals surface area contributed by atoms with E-state index in [-0.39, 0.29) is 30.7 Å². The summed E-state index contributed by atoms with van der Waals surface area (Å²) in [7, 11) is 0. The van der Waals surface area contributed by atoms with Gasteiger partial charge in [-0.2, -0.15) is 5.26 Å². The van der Waals surface area contributed by atoms with Gasteiger partial charge in [0.25, 0.3) is 0 Å². The van der Waals surface area contributed by atoms with E-state index >= 15 is 0 Å². The molecule has 0 aromatic heterocycles. The predicted molar refractivity (Wildman–Crippen MR) is 75.5 cm³/mol. The molecule has 1 aliphatic rings. The highest BCUT2D eigenvalue weighted by molar-refractivity contribution is 5.78. The molecule has 0 aliphatic carbocycles. The summed E-state index contributed by atoms with van der Waals surface area (Å²) in [6.07, 6.45) is -0.142. The molecule has 1 aromatic carbocycles. The number of rotatable bonds is 3. The summed E-state index contributed by atoms with van der Waals surface area (Å²) in [6.45, 7) is 3.63. The summed E-state index contributed by atoms with van der Waals surface area (Å²) >= 11 is 0. The van der Waals surface area contributed by atoms with E-state index < -0.39 is 11.5 Å². The van der Waals surface area contributed by atoms with Crippen LogP contribution in [-0.2, 0) is 4.79 Å². The van der Waals surface area contributed by atoms with Crippen molar-refractivity contribution in [1.29, 1.82) is 5.26 Å². The lowest BCUT2D eigenvalue weighted by Gasteiger charge is -2.27. The molecule has 2 rings (SSSR count). The minimum Gasteiger partial charge on any atom is -0.391 e. The maximum Gasteiger partial charge on any atom is 0.224 e. The average Bonchev–Trinajstić information content (AvgIpc) is 2.80. The first-order chi connectivity index (χ1) is 9.82. The zero-order valence-electron chi connectivity index (χ0n) is 12.2. The minimum atomic E-state index is -0.753. The Morgan fingerprint density at radius 3 is 2.90 bits per heavy atom. The standard InChI is InChI=1S/C16H19FN2O2/c1-16(2,10-18)8-15(21)19-9-13(20)7-14(19)11-4-3-5-12(17)6-11/h3-6,13-14,20H,7-9H2,1-2H3. The molecule has 0 bridgehead atoms. The SMILES string of the molecule is CC(C)(C#N)CC(=O)N1CC(O)CC1c1cccc(F)c1. The topological polar surface area (TPSA) is 64.3 Å².